The van der Waals surface area contributed by atoms with Crippen molar-refractivity contribution in [2.75, 3.05) is 6.54 Å². The van der Waals surface area contributed by atoms with Gasteiger partial charge in [-0.3, -0.25) is 0 Å². The first-order valence-electron chi connectivity index (χ1n) is 8.88. The van der Waals surface area contributed by atoms with Crippen molar-refractivity contribution in [1.82, 2.24) is 5.32 Å². The molecule has 0 spiro atoms. The van der Waals surface area contributed by atoms with E-state index in [-0.39, 0.29) is 0 Å². The van der Waals surface area contributed by atoms with Crippen LogP contribution in [0.5, 0.6) is 0 Å². The second-order valence-electron chi connectivity index (χ2n) is 8.27. The fraction of sp³-hybridized carbons (Fsp3) is 1.00. The van der Waals surface area contributed by atoms with E-state index in [1.807, 2.05) is 0 Å². The fourth-order valence-electron chi connectivity index (χ4n) is 5.20. The van der Waals surface area contributed by atoms with Crippen molar-refractivity contribution in [3.05, 3.63) is 0 Å². The highest BCUT2D eigenvalue weighted by atomic mass is 16.5. The lowest BCUT2D eigenvalue weighted by Crippen LogP contribution is -2.44. The smallest absolute Gasteiger partial charge is 0.0732 e. The van der Waals surface area contributed by atoms with Crippen LogP contribution in [0.15, 0.2) is 0 Å². The van der Waals surface area contributed by atoms with E-state index in [1.165, 1.54) is 44.9 Å². The zero-order valence-electron chi connectivity index (χ0n) is 13.9. The molecule has 0 amide bonds. The number of nitrogens with one attached hydrogen (secondary N) is 1. The van der Waals surface area contributed by atoms with E-state index in [1.54, 1.807) is 0 Å². The van der Waals surface area contributed by atoms with E-state index >= 15 is 0 Å². The second-order valence-corrected chi connectivity index (χ2v) is 8.27. The summed E-state index contributed by atoms with van der Waals surface area (Å²) in [6.07, 6.45) is 10.2. The molecule has 20 heavy (non-hydrogen) atoms. The van der Waals surface area contributed by atoms with Crippen molar-refractivity contribution in [2.24, 2.45) is 16.7 Å². The highest BCUT2D eigenvalue weighted by Gasteiger charge is 2.62. The highest BCUT2D eigenvalue weighted by Crippen LogP contribution is 2.66. The van der Waals surface area contributed by atoms with E-state index in [0.29, 0.717) is 29.1 Å². The first-order chi connectivity index (χ1) is 9.49. The fourth-order valence-corrected chi connectivity index (χ4v) is 5.20. The summed E-state index contributed by atoms with van der Waals surface area (Å²) in [6, 6.07) is 0.612. The van der Waals surface area contributed by atoms with Gasteiger partial charge in [0, 0.05) is 6.04 Å². The van der Waals surface area contributed by atoms with Crippen molar-refractivity contribution >= 4 is 0 Å². The molecule has 0 radical (unpaired) electrons. The Morgan fingerprint density at radius 1 is 1.15 bits per heavy atom. The first-order valence-corrected chi connectivity index (χ1v) is 8.88. The van der Waals surface area contributed by atoms with E-state index in [0.717, 1.165) is 12.5 Å². The van der Waals surface area contributed by atoms with Gasteiger partial charge in [0.1, 0.15) is 0 Å². The molecule has 3 aliphatic carbocycles. The lowest BCUT2D eigenvalue weighted by Gasteiger charge is -2.40. The molecule has 0 aromatic carbocycles. The molecule has 5 unspecified atom stereocenters. The number of ether oxygens (including phenoxy) is 1. The molecule has 2 bridgehead atoms. The molecule has 0 aromatic heterocycles. The van der Waals surface area contributed by atoms with Gasteiger partial charge in [0.25, 0.3) is 0 Å². The number of fused-ring (bicyclic) bond motifs is 2. The van der Waals surface area contributed by atoms with Crippen molar-refractivity contribution in [3.8, 4) is 0 Å². The molecule has 3 fully saturated rings. The van der Waals surface area contributed by atoms with Gasteiger partial charge in [-0.05, 0) is 68.2 Å². The standard InChI is InChI=1S/C18H33NO/c1-5-11-19-14-7-6-8-15(14)20-16-12-13-9-10-18(16,4)17(13,2)3/h13-16,19H,5-12H2,1-4H3. The van der Waals surface area contributed by atoms with Crippen LogP contribution in [-0.2, 0) is 4.74 Å². The molecular weight excluding hydrogens is 246 g/mol. The minimum atomic E-state index is 0.412. The minimum Gasteiger partial charge on any atom is -0.373 e. The monoisotopic (exact) mass is 279 g/mol. The molecule has 3 saturated carbocycles. The summed E-state index contributed by atoms with van der Waals surface area (Å²) in [4.78, 5) is 0. The second kappa shape index (κ2) is 5.28. The number of hydrogen-bond acceptors (Lipinski definition) is 2. The molecule has 0 aromatic rings. The van der Waals surface area contributed by atoms with Gasteiger partial charge in [0.05, 0.1) is 12.2 Å². The number of rotatable bonds is 5. The first kappa shape index (κ1) is 14.8. The third-order valence-corrected chi connectivity index (χ3v) is 7.16. The maximum atomic E-state index is 6.69. The Labute approximate surface area is 125 Å². The Balaban J connectivity index is 1.64. The van der Waals surface area contributed by atoms with Crippen molar-refractivity contribution in [3.63, 3.8) is 0 Å². The maximum absolute atomic E-state index is 6.69. The molecular formula is C18H33NO. The predicted octanol–water partition coefficient (Wildman–Crippen LogP) is 4.14. The van der Waals surface area contributed by atoms with Gasteiger partial charge in [-0.15, -0.1) is 0 Å². The molecule has 0 saturated heterocycles. The van der Waals surface area contributed by atoms with Crippen molar-refractivity contribution < 1.29 is 4.74 Å². The van der Waals surface area contributed by atoms with Crippen LogP contribution in [0.1, 0.15) is 72.6 Å². The molecule has 116 valence electrons. The summed E-state index contributed by atoms with van der Waals surface area (Å²) in [5.74, 6) is 0.890. The Morgan fingerprint density at radius 2 is 1.95 bits per heavy atom. The Morgan fingerprint density at radius 3 is 2.55 bits per heavy atom. The van der Waals surface area contributed by atoms with Crippen molar-refractivity contribution in [1.29, 1.82) is 0 Å². The van der Waals surface area contributed by atoms with Gasteiger partial charge in [0.2, 0.25) is 0 Å². The average molecular weight is 279 g/mol. The molecule has 2 nitrogen and oxygen atoms in total. The topological polar surface area (TPSA) is 21.3 Å². The number of hydrogen-bond donors (Lipinski definition) is 1. The summed E-state index contributed by atoms with van der Waals surface area (Å²) < 4.78 is 6.69. The molecule has 1 N–H and O–H groups in total. The summed E-state index contributed by atoms with van der Waals surface area (Å²) >= 11 is 0. The van der Waals surface area contributed by atoms with Crippen LogP contribution in [0.3, 0.4) is 0 Å². The predicted molar refractivity (Wildman–Crippen MR) is 83.8 cm³/mol. The van der Waals surface area contributed by atoms with E-state index in [4.69, 9.17) is 4.74 Å². The molecule has 2 heteroatoms. The third-order valence-electron chi connectivity index (χ3n) is 7.16. The maximum Gasteiger partial charge on any atom is 0.0732 e. The summed E-state index contributed by atoms with van der Waals surface area (Å²) in [5, 5.41) is 3.71. The zero-order chi connectivity index (χ0) is 14.4. The van der Waals surface area contributed by atoms with Gasteiger partial charge < -0.3 is 10.1 Å². The Kier molecular flexibility index (Phi) is 3.92. The zero-order valence-corrected chi connectivity index (χ0v) is 13.9. The van der Waals surface area contributed by atoms with Crippen LogP contribution >= 0.6 is 0 Å². The average Bonchev–Trinajstić information content (AvgIpc) is 2.99. The molecule has 5 atom stereocenters. The van der Waals surface area contributed by atoms with Crippen LogP contribution in [0.4, 0.5) is 0 Å². The van der Waals surface area contributed by atoms with Gasteiger partial charge in [0.15, 0.2) is 0 Å². The molecule has 0 aliphatic heterocycles. The third kappa shape index (κ3) is 2.14. The van der Waals surface area contributed by atoms with Crippen LogP contribution in [0, 0.1) is 16.7 Å². The summed E-state index contributed by atoms with van der Waals surface area (Å²) in [5.41, 5.74) is 0.887. The lowest BCUT2D eigenvalue weighted by molar-refractivity contribution is -0.0910. The van der Waals surface area contributed by atoms with Crippen LogP contribution < -0.4 is 5.32 Å². The van der Waals surface area contributed by atoms with E-state index in [2.05, 4.69) is 33.0 Å². The summed E-state index contributed by atoms with van der Waals surface area (Å²) in [7, 11) is 0. The van der Waals surface area contributed by atoms with Crippen molar-refractivity contribution in [2.45, 2.75) is 90.9 Å². The minimum absolute atomic E-state index is 0.412. The Bertz CT molecular complexity index is 353. The lowest BCUT2D eigenvalue weighted by atomic mass is 9.70. The SMILES string of the molecule is CCCNC1CCCC1OC1CC2CCC1(C)C2(C)C. The van der Waals surface area contributed by atoms with E-state index in [9.17, 15) is 0 Å². The van der Waals surface area contributed by atoms with Crippen LogP contribution in [0.2, 0.25) is 0 Å². The Hall–Kier alpha value is -0.0800. The largest absolute Gasteiger partial charge is 0.373 e. The van der Waals surface area contributed by atoms with Crippen LogP contribution in [0.25, 0.3) is 0 Å². The molecule has 3 aliphatic rings. The molecule has 3 rings (SSSR count). The van der Waals surface area contributed by atoms with Gasteiger partial charge in [-0.25, -0.2) is 0 Å². The van der Waals surface area contributed by atoms with Gasteiger partial charge >= 0.3 is 0 Å². The quantitative estimate of drug-likeness (QED) is 0.816. The summed E-state index contributed by atoms with van der Waals surface area (Å²) in [6.45, 7) is 10.8. The molecule has 0 heterocycles. The normalized spacial score (nSPS) is 46.2. The van der Waals surface area contributed by atoms with Gasteiger partial charge in [-0.1, -0.05) is 27.7 Å². The van der Waals surface area contributed by atoms with Gasteiger partial charge in [-0.2, -0.15) is 0 Å². The van der Waals surface area contributed by atoms with Crippen LogP contribution in [-0.4, -0.2) is 24.8 Å². The highest BCUT2D eigenvalue weighted by molar-refractivity contribution is 5.11. The van der Waals surface area contributed by atoms with E-state index < -0.39 is 0 Å².